The molecule has 2 aromatic carbocycles. The summed E-state index contributed by atoms with van der Waals surface area (Å²) in [5.74, 6) is 0. The van der Waals surface area contributed by atoms with Gasteiger partial charge in [-0.05, 0) is 51.8 Å². The molecule has 2 aromatic rings. The molecule has 0 saturated heterocycles. The molecule has 0 heteroatoms. The summed E-state index contributed by atoms with van der Waals surface area (Å²) in [5, 5.41) is 0. The van der Waals surface area contributed by atoms with Crippen molar-refractivity contribution in [3.8, 4) is 11.1 Å². The number of hydrogen-bond donors (Lipinski definition) is 0. The fraction of sp³-hybridized carbons (Fsp3) is 0.190. The third-order valence-electron chi connectivity index (χ3n) is 4.53. The van der Waals surface area contributed by atoms with Crippen molar-refractivity contribution in [2.24, 2.45) is 0 Å². The molecule has 0 aliphatic heterocycles. The Hall–Kier alpha value is -2.08. The van der Waals surface area contributed by atoms with Crippen LogP contribution in [0, 0.1) is 6.42 Å². The first-order valence-electron chi connectivity index (χ1n) is 7.84. The lowest BCUT2D eigenvalue weighted by Gasteiger charge is -2.12. The van der Waals surface area contributed by atoms with Gasteiger partial charge in [-0.15, -0.1) is 0 Å². The second-order valence-electron chi connectivity index (χ2n) is 5.86. The zero-order valence-electron chi connectivity index (χ0n) is 12.4. The number of rotatable bonds is 3. The lowest BCUT2D eigenvalue weighted by molar-refractivity contribution is 0.930. The fourth-order valence-electron chi connectivity index (χ4n) is 3.58. The summed E-state index contributed by atoms with van der Waals surface area (Å²) in [6.07, 6.45) is 10.5. The van der Waals surface area contributed by atoms with Crippen LogP contribution in [0.5, 0.6) is 0 Å². The Morgan fingerprint density at radius 1 is 0.905 bits per heavy atom. The molecule has 0 spiro atoms. The Labute approximate surface area is 126 Å². The molecule has 0 aromatic heterocycles. The molecule has 4 rings (SSSR count). The first-order valence-corrected chi connectivity index (χ1v) is 7.84. The van der Waals surface area contributed by atoms with E-state index in [9.17, 15) is 0 Å². The number of hydrogen-bond acceptors (Lipinski definition) is 0. The van der Waals surface area contributed by atoms with Gasteiger partial charge >= 0.3 is 0 Å². The topological polar surface area (TPSA) is 0 Å². The summed E-state index contributed by atoms with van der Waals surface area (Å²) in [7, 11) is 0. The van der Waals surface area contributed by atoms with Gasteiger partial charge in [0.05, 0.1) is 0 Å². The molecule has 103 valence electrons. The Morgan fingerprint density at radius 3 is 2.62 bits per heavy atom. The molecule has 21 heavy (non-hydrogen) atoms. The van der Waals surface area contributed by atoms with Crippen molar-refractivity contribution in [2.75, 3.05) is 0 Å². The molecule has 0 amide bonds. The average Bonchev–Trinajstić information content (AvgIpc) is 3.11. The second-order valence-corrected chi connectivity index (χ2v) is 5.86. The van der Waals surface area contributed by atoms with Crippen LogP contribution >= 0.6 is 0 Å². The molecule has 2 aliphatic carbocycles. The third kappa shape index (κ3) is 1.98. The first kappa shape index (κ1) is 12.6. The molecule has 2 aliphatic rings. The standard InChI is InChI=1S/C21H19/c1-2-7-15-9-5-11-17(15)19-12-6-13-20-18-10-4-3-8-16(18)14-21(19)20/h3-6,8-10,12-14H,2,7,11H2,1H3. The maximum absolute atomic E-state index is 2.36. The summed E-state index contributed by atoms with van der Waals surface area (Å²) >= 11 is 0. The molecule has 1 radical (unpaired) electrons. The van der Waals surface area contributed by atoms with Crippen LogP contribution in [0.25, 0.3) is 16.7 Å². The smallest absolute Gasteiger partial charge is 0.0218 e. The molecular formula is C21H19. The minimum Gasteiger partial charge on any atom is -0.0798 e. The lowest BCUT2D eigenvalue weighted by atomic mass is 9.92. The van der Waals surface area contributed by atoms with Crippen LogP contribution in [-0.2, 0) is 0 Å². The van der Waals surface area contributed by atoms with E-state index in [2.05, 4.69) is 68.0 Å². The summed E-state index contributed by atoms with van der Waals surface area (Å²) in [6.45, 7) is 2.26. The highest BCUT2D eigenvalue weighted by molar-refractivity contribution is 5.88. The number of benzene rings is 2. The molecule has 0 saturated carbocycles. The molecule has 0 atom stereocenters. The molecule has 0 fully saturated rings. The maximum atomic E-state index is 2.36. The van der Waals surface area contributed by atoms with Gasteiger partial charge in [0.1, 0.15) is 0 Å². The SMILES string of the molecule is CCCC1=C(c2cccc3c2[CH]c2ccccc2-3)CC=C1. The monoisotopic (exact) mass is 271 g/mol. The predicted molar refractivity (Wildman–Crippen MR) is 90.0 cm³/mol. The van der Waals surface area contributed by atoms with Gasteiger partial charge in [-0.25, -0.2) is 0 Å². The van der Waals surface area contributed by atoms with Gasteiger partial charge in [0.15, 0.2) is 0 Å². The average molecular weight is 271 g/mol. The van der Waals surface area contributed by atoms with Crippen LogP contribution in [0.3, 0.4) is 0 Å². The largest absolute Gasteiger partial charge is 0.0798 e. The van der Waals surface area contributed by atoms with E-state index in [0.29, 0.717) is 0 Å². The normalized spacial score (nSPS) is 15.5. The second kappa shape index (κ2) is 5.04. The maximum Gasteiger partial charge on any atom is 0.0218 e. The van der Waals surface area contributed by atoms with Gasteiger partial charge in [-0.3, -0.25) is 0 Å². The molecule has 0 bridgehead atoms. The highest BCUT2D eigenvalue weighted by Crippen LogP contribution is 2.43. The van der Waals surface area contributed by atoms with Gasteiger partial charge in [0.2, 0.25) is 0 Å². The summed E-state index contributed by atoms with van der Waals surface area (Å²) in [5.41, 5.74) is 10.00. The van der Waals surface area contributed by atoms with Crippen molar-refractivity contribution in [2.45, 2.75) is 26.2 Å². The van der Waals surface area contributed by atoms with E-state index >= 15 is 0 Å². The van der Waals surface area contributed by atoms with Crippen LogP contribution in [-0.4, -0.2) is 0 Å². The number of allylic oxidation sites excluding steroid dienone is 4. The Kier molecular flexibility index (Phi) is 3.03. The quantitative estimate of drug-likeness (QED) is 0.566. The Morgan fingerprint density at radius 2 is 1.71 bits per heavy atom. The van der Waals surface area contributed by atoms with E-state index < -0.39 is 0 Å². The van der Waals surface area contributed by atoms with Gasteiger partial charge in [-0.1, -0.05) is 68.0 Å². The Bertz CT molecular complexity index is 759. The van der Waals surface area contributed by atoms with E-state index in [1.54, 1.807) is 0 Å². The lowest BCUT2D eigenvalue weighted by Crippen LogP contribution is -1.92. The van der Waals surface area contributed by atoms with Crippen molar-refractivity contribution in [3.05, 3.63) is 83.3 Å². The van der Waals surface area contributed by atoms with Crippen molar-refractivity contribution >= 4 is 5.57 Å². The summed E-state index contributed by atoms with van der Waals surface area (Å²) < 4.78 is 0. The van der Waals surface area contributed by atoms with Crippen molar-refractivity contribution in [3.63, 3.8) is 0 Å². The molecular weight excluding hydrogens is 252 g/mol. The zero-order chi connectivity index (χ0) is 14.2. The highest BCUT2D eigenvalue weighted by atomic mass is 14.3. The number of fused-ring (bicyclic) bond motifs is 3. The van der Waals surface area contributed by atoms with E-state index in [1.807, 2.05) is 0 Å². The van der Waals surface area contributed by atoms with Crippen molar-refractivity contribution in [1.82, 2.24) is 0 Å². The third-order valence-corrected chi connectivity index (χ3v) is 4.53. The van der Waals surface area contributed by atoms with Crippen LogP contribution in [0.15, 0.2) is 60.2 Å². The van der Waals surface area contributed by atoms with E-state index in [-0.39, 0.29) is 0 Å². The van der Waals surface area contributed by atoms with E-state index in [4.69, 9.17) is 0 Å². The predicted octanol–water partition coefficient (Wildman–Crippen LogP) is 5.78. The fourth-order valence-corrected chi connectivity index (χ4v) is 3.58. The van der Waals surface area contributed by atoms with Gasteiger partial charge in [-0.2, -0.15) is 0 Å². The van der Waals surface area contributed by atoms with Crippen LogP contribution < -0.4 is 0 Å². The molecule has 0 heterocycles. The molecule has 0 unspecified atom stereocenters. The van der Waals surface area contributed by atoms with Crippen LogP contribution in [0.1, 0.15) is 42.9 Å². The Balaban J connectivity index is 1.86. The molecule has 0 N–H and O–H groups in total. The van der Waals surface area contributed by atoms with Crippen LogP contribution in [0.4, 0.5) is 0 Å². The van der Waals surface area contributed by atoms with Gasteiger partial charge < -0.3 is 0 Å². The summed E-state index contributed by atoms with van der Waals surface area (Å²) in [4.78, 5) is 0. The minimum absolute atomic E-state index is 1.08. The minimum atomic E-state index is 1.08. The highest BCUT2D eigenvalue weighted by Gasteiger charge is 2.23. The van der Waals surface area contributed by atoms with Crippen molar-refractivity contribution in [1.29, 1.82) is 0 Å². The van der Waals surface area contributed by atoms with E-state index in [0.717, 1.165) is 6.42 Å². The van der Waals surface area contributed by atoms with E-state index in [1.165, 1.54) is 51.8 Å². The molecule has 0 nitrogen and oxygen atoms in total. The first-order chi connectivity index (χ1) is 10.4. The zero-order valence-corrected chi connectivity index (χ0v) is 12.4. The van der Waals surface area contributed by atoms with Gasteiger partial charge in [0.25, 0.3) is 0 Å². The van der Waals surface area contributed by atoms with Crippen molar-refractivity contribution < 1.29 is 0 Å². The van der Waals surface area contributed by atoms with Gasteiger partial charge in [0, 0.05) is 6.42 Å². The summed E-state index contributed by atoms with van der Waals surface area (Å²) in [6, 6.07) is 15.5. The van der Waals surface area contributed by atoms with Crippen LogP contribution in [0.2, 0.25) is 0 Å².